The van der Waals surface area contributed by atoms with Crippen molar-refractivity contribution in [2.24, 2.45) is 11.7 Å². The number of primary amides is 1. The zero-order valence-corrected chi connectivity index (χ0v) is 13.6. The lowest BCUT2D eigenvalue weighted by Gasteiger charge is -2.29. The van der Waals surface area contributed by atoms with Gasteiger partial charge in [0.2, 0.25) is 15.9 Å². The van der Waals surface area contributed by atoms with Crippen molar-refractivity contribution in [2.75, 3.05) is 18.8 Å². The summed E-state index contributed by atoms with van der Waals surface area (Å²) in [5, 5.41) is 0. The molecule has 2 aromatic rings. The van der Waals surface area contributed by atoms with Crippen LogP contribution in [0.3, 0.4) is 0 Å². The van der Waals surface area contributed by atoms with Gasteiger partial charge in [-0.15, -0.1) is 0 Å². The molecule has 1 aliphatic rings. The number of para-hydroxylation sites is 2. The molecule has 8 heteroatoms. The maximum Gasteiger partial charge on any atom is 0.220 e. The van der Waals surface area contributed by atoms with Crippen molar-refractivity contribution in [3.8, 4) is 0 Å². The molecule has 1 aromatic carbocycles. The van der Waals surface area contributed by atoms with Crippen LogP contribution in [0.1, 0.15) is 12.8 Å². The van der Waals surface area contributed by atoms with Gasteiger partial charge in [0.25, 0.3) is 0 Å². The first-order valence-electron chi connectivity index (χ1n) is 7.64. The number of carbonyl (C=O) groups is 1. The van der Waals surface area contributed by atoms with Crippen LogP contribution in [0, 0.1) is 5.92 Å². The summed E-state index contributed by atoms with van der Waals surface area (Å²) in [5.74, 6) is -0.528. The summed E-state index contributed by atoms with van der Waals surface area (Å²) in [6, 6.07) is 7.63. The van der Waals surface area contributed by atoms with Crippen molar-refractivity contribution >= 4 is 27.0 Å². The molecule has 0 bridgehead atoms. The molecular formula is C15H20N4O3S. The minimum Gasteiger partial charge on any atom is -0.369 e. The van der Waals surface area contributed by atoms with Crippen molar-refractivity contribution in [2.45, 2.75) is 19.4 Å². The molecule has 3 rings (SSSR count). The summed E-state index contributed by atoms with van der Waals surface area (Å²) in [6.45, 7) is 1.08. The zero-order valence-electron chi connectivity index (χ0n) is 12.8. The van der Waals surface area contributed by atoms with Crippen LogP contribution in [0.25, 0.3) is 11.0 Å². The number of nitrogens with zero attached hydrogens (tertiary/aromatic N) is 3. The SMILES string of the molecule is NC(=O)C1CCN(S(=O)(=O)CCn2cnc3ccccc32)CC1. The van der Waals surface area contributed by atoms with Crippen LogP contribution in [0.15, 0.2) is 30.6 Å². The monoisotopic (exact) mass is 336 g/mol. The van der Waals surface area contributed by atoms with E-state index in [1.54, 1.807) is 6.33 Å². The molecule has 2 heterocycles. The Hall–Kier alpha value is -1.93. The minimum atomic E-state index is -3.34. The standard InChI is InChI=1S/C15H20N4O3S/c16-15(20)12-5-7-19(8-6-12)23(21,22)10-9-18-11-17-13-3-1-2-4-14(13)18/h1-4,11-12H,5-10H2,(H2,16,20). The van der Waals surface area contributed by atoms with E-state index >= 15 is 0 Å². The van der Waals surface area contributed by atoms with Gasteiger partial charge in [-0.2, -0.15) is 0 Å². The van der Waals surface area contributed by atoms with Crippen molar-refractivity contribution in [3.05, 3.63) is 30.6 Å². The van der Waals surface area contributed by atoms with Crippen molar-refractivity contribution in [1.82, 2.24) is 13.9 Å². The number of carbonyl (C=O) groups excluding carboxylic acids is 1. The second kappa shape index (κ2) is 6.29. The number of aryl methyl sites for hydroxylation is 1. The first-order valence-corrected chi connectivity index (χ1v) is 9.25. The molecule has 0 atom stereocenters. The number of benzene rings is 1. The molecule has 0 spiro atoms. The number of nitrogens with two attached hydrogens (primary N) is 1. The van der Waals surface area contributed by atoms with Gasteiger partial charge in [0.15, 0.2) is 0 Å². The van der Waals surface area contributed by atoms with E-state index in [2.05, 4.69) is 4.98 Å². The molecule has 1 saturated heterocycles. The Labute approximate surface area is 135 Å². The fourth-order valence-electron chi connectivity index (χ4n) is 2.95. The lowest BCUT2D eigenvalue weighted by molar-refractivity contribution is -0.122. The number of piperidine rings is 1. The summed E-state index contributed by atoms with van der Waals surface area (Å²) in [4.78, 5) is 15.4. The molecule has 0 aliphatic carbocycles. The number of rotatable bonds is 5. The average Bonchev–Trinajstić information content (AvgIpc) is 2.96. The second-order valence-electron chi connectivity index (χ2n) is 5.82. The number of hydrogen-bond donors (Lipinski definition) is 1. The summed E-state index contributed by atoms with van der Waals surface area (Å²) in [6.07, 6.45) is 2.67. The summed E-state index contributed by atoms with van der Waals surface area (Å²) in [7, 11) is -3.34. The van der Waals surface area contributed by atoms with E-state index in [9.17, 15) is 13.2 Å². The number of imidazole rings is 1. The van der Waals surface area contributed by atoms with Gasteiger partial charge in [-0.3, -0.25) is 4.79 Å². The molecule has 7 nitrogen and oxygen atoms in total. The molecule has 2 N–H and O–H groups in total. The highest BCUT2D eigenvalue weighted by Gasteiger charge is 2.29. The molecule has 1 amide bonds. The predicted molar refractivity (Wildman–Crippen MR) is 87.0 cm³/mol. The predicted octanol–water partition coefficient (Wildman–Crippen LogP) is 0.563. The Bertz CT molecular complexity index is 807. The number of fused-ring (bicyclic) bond motifs is 1. The van der Waals surface area contributed by atoms with Gasteiger partial charge in [-0.05, 0) is 25.0 Å². The third-order valence-corrected chi connectivity index (χ3v) is 6.22. The maximum atomic E-state index is 12.5. The van der Waals surface area contributed by atoms with E-state index < -0.39 is 10.0 Å². The van der Waals surface area contributed by atoms with E-state index in [1.165, 1.54) is 4.31 Å². The molecular weight excluding hydrogens is 316 g/mol. The molecule has 1 aliphatic heterocycles. The van der Waals surface area contributed by atoms with E-state index in [0.29, 0.717) is 32.5 Å². The Morgan fingerprint density at radius 3 is 2.65 bits per heavy atom. The van der Waals surface area contributed by atoms with E-state index in [4.69, 9.17) is 5.73 Å². The van der Waals surface area contributed by atoms with E-state index in [1.807, 2.05) is 28.8 Å². The van der Waals surface area contributed by atoms with Crippen LogP contribution in [-0.4, -0.2) is 47.0 Å². The van der Waals surface area contributed by atoms with Crippen LogP contribution in [0.4, 0.5) is 0 Å². The third-order valence-electron chi connectivity index (χ3n) is 4.37. The largest absolute Gasteiger partial charge is 0.369 e. The Kier molecular flexibility index (Phi) is 4.36. The molecule has 1 fully saturated rings. The van der Waals surface area contributed by atoms with Crippen LogP contribution in [0.2, 0.25) is 0 Å². The third kappa shape index (κ3) is 3.37. The minimum absolute atomic E-state index is 0.0224. The summed E-state index contributed by atoms with van der Waals surface area (Å²) < 4.78 is 28.3. The van der Waals surface area contributed by atoms with E-state index in [0.717, 1.165) is 11.0 Å². The van der Waals surface area contributed by atoms with Crippen LogP contribution < -0.4 is 5.73 Å². The fraction of sp³-hybridized carbons (Fsp3) is 0.467. The Morgan fingerprint density at radius 1 is 1.26 bits per heavy atom. The normalized spacial score (nSPS) is 17.6. The quantitative estimate of drug-likeness (QED) is 0.862. The summed E-state index contributed by atoms with van der Waals surface area (Å²) in [5.41, 5.74) is 7.06. The first kappa shape index (κ1) is 15.9. The maximum absolute atomic E-state index is 12.5. The smallest absolute Gasteiger partial charge is 0.220 e. The fourth-order valence-corrected chi connectivity index (χ4v) is 4.40. The van der Waals surface area contributed by atoms with Crippen LogP contribution in [0.5, 0.6) is 0 Å². The Morgan fingerprint density at radius 2 is 1.96 bits per heavy atom. The topological polar surface area (TPSA) is 98.3 Å². The molecule has 1 aromatic heterocycles. The highest BCUT2D eigenvalue weighted by molar-refractivity contribution is 7.89. The Balaban J connectivity index is 1.64. The highest BCUT2D eigenvalue weighted by atomic mass is 32.2. The summed E-state index contributed by atoms with van der Waals surface area (Å²) >= 11 is 0. The van der Waals surface area contributed by atoms with Gasteiger partial charge >= 0.3 is 0 Å². The second-order valence-corrected chi connectivity index (χ2v) is 7.91. The van der Waals surface area contributed by atoms with Crippen molar-refractivity contribution in [1.29, 1.82) is 0 Å². The van der Waals surface area contributed by atoms with Gasteiger partial charge in [0.1, 0.15) is 0 Å². The number of sulfonamides is 1. The molecule has 0 saturated carbocycles. The number of hydrogen-bond acceptors (Lipinski definition) is 4. The number of amides is 1. The first-order chi connectivity index (χ1) is 11.0. The lowest BCUT2D eigenvalue weighted by atomic mass is 9.98. The van der Waals surface area contributed by atoms with E-state index in [-0.39, 0.29) is 17.6 Å². The average molecular weight is 336 g/mol. The van der Waals surface area contributed by atoms with Gasteiger partial charge < -0.3 is 10.3 Å². The van der Waals surface area contributed by atoms with Gasteiger partial charge in [-0.25, -0.2) is 17.7 Å². The molecule has 0 radical (unpaired) electrons. The molecule has 124 valence electrons. The van der Waals surface area contributed by atoms with Gasteiger partial charge in [-0.1, -0.05) is 12.1 Å². The lowest BCUT2D eigenvalue weighted by Crippen LogP contribution is -2.43. The highest BCUT2D eigenvalue weighted by Crippen LogP contribution is 2.20. The number of aromatic nitrogens is 2. The molecule has 0 unspecified atom stereocenters. The van der Waals surface area contributed by atoms with Crippen molar-refractivity contribution < 1.29 is 13.2 Å². The van der Waals surface area contributed by atoms with Crippen LogP contribution in [-0.2, 0) is 21.4 Å². The van der Waals surface area contributed by atoms with Gasteiger partial charge in [0, 0.05) is 25.6 Å². The van der Waals surface area contributed by atoms with Crippen molar-refractivity contribution in [3.63, 3.8) is 0 Å². The molecule has 23 heavy (non-hydrogen) atoms. The van der Waals surface area contributed by atoms with Gasteiger partial charge in [0.05, 0.1) is 23.1 Å². The van der Waals surface area contributed by atoms with Crippen LogP contribution >= 0.6 is 0 Å². The zero-order chi connectivity index (χ0) is 16.4.